The molecule has 31 heavy (non-hydrogen) atoms. The molecule has 20 heteroatoms. The molecule has 0 saturated carbocycles. The summed E-state index contributed by atoms with van der Waals surface area (Å²) < 4.78 is 55.1. The van der Waals surface area contributed by atoms with E-state index in [2.05, 4.69) is 17.7 Å². The van der Waals surface area contributed by atoms with Crippen LogP contribution in [0.1, 0.15) is 18.2 Å². The van der Waals surface area contributed by atoms with E-state index < -0.39 is 66.4 Å². The van der Waals surface area contributed by atoms with E-state index in [1.807, 2.05) is 4.98 Å². The van der Waals surface area contributed by atoms with Gasteiger partial charge >= 0.3 is 5.69 Å². The van der Waals surface area contributed by atoms with E-state index in [9.17, 15) is 43.1 Å². The van der Waals surface area contributed by atoms with Crippen LogP contribution in [0.3, 0.4) is 0 Å². The first-order valence-corrected chi connectivity index (χ1v) is 12.4. The van der Waals surface area contributed by atoms with Crippen LogP contribution in [0.25, 0.3) is 0 Å². The topological polar surface area (TPSA) is 262 Å². The van der Waals surface area contributed by atoms with Gasteiger partial charge in [-0.3, -0.25) is 28.0 Å². The van der Waals surface area contributed by atoms with Gasteiger partial charge in [0.05, 0.1) is 24.9 Å². The minimum Gasteiger partial charge on any atom is -0.756 e. The van der Waals surface area contributed by atoms with Gasteiger partial charge < -0.3 is 38.7 Å². The number of phosphoric acid groups is 3. The molecule has 0 radical (unpaired) electrons. The minimum absolute atomic E-state index is 0.187. The largest absolute Gasteiger partial charge is 0.756 e. The second-order valence-corrected chi connectivity index (χ2v) is 10.5. The zero-order valence-electron chi connectivity index (χ0n) is 15.4. The zero-order valence-corrected chi connectivity index (χ0v) is 18.1. The highest BCUT2D eigenvalue weighted by atomic mass is 31.3. The number of ether oxygens (including phenoxy) is 1. The van der Waals surface area contributed by atoms with E-state index in [0.29, 0.717) is 7.11 Å². The molecule has 1 fully saturated rings. The van der Waals surface area contributed by atoms with Gasteiger partial charge in [0.2, 0.25) is 0 Å². The summed E-state index contributed by atoms with van der Waals surface area (Å²) in [5.74, 6) is 0. The van der Waals surface area contributed by atoms with Crippen LogP contribution in [0.5, 0.6) is 0 Å². The third-order valence-corrected chi connectivity index (χ3v) is 7.86. The summed E-state index contributed by atoms with van der Waals surface area (Å²) in [6.45, 7) is -1.70. The average molecular weight is 509 g/mol. The first kappa shape index (κ1) is 26.2. The van der Waals surface area contributed by atoms with E-state index in [1.165, 1.54) is 0 Å². The Balaban J connectivity index is 2.04. The Labute approximate surface area is 172 Å². The maximum Gasteiger partial charge on any atom is 0.330 e. The lowest BCUT2D eigenvalue weighted by Crippen LogP contribution is -2.34. The molecule has 0 spiro atoms. The zero-order chi connectivity index (χ0) is 23.6. The van der Waals surface area contributed by atoms with Gasteiger partial charge in [-0.1, -0.05) is 0 Å². The van der Waals surface area contributed by atoms with Crippen LogP contribution >= 0.6 is 23.5 Å². The van der Waals surface area contributed by atoms with Crippen molar-refractivity contribution >= 4 is 23.5 Å². The molecule has 17 nitrogen and oxygen atoms in total. The fraction of sp³-hybridized carbons (Fsp3) is 0.636. The van der Waals surface area contributed by atoms with Gasteiger partial charge in [-0.25, -0.2) is 13.4 Å². The predicted molar refractivity (Wildman–Crippen MR) is 89.7 cm³/mol. The van der Waals surface area contributed by atoms with Crippen molar-refractivity contribution in [3.8, 4) is 0 Å². The maximum absolute atomic E-state index is 11.9. The van der Waals surface area contributed by atoms with Crippen molar-refractivity contribution in [3.63, 3.8) is 0 Å². The number of hydrogen-bond acceptors (Lipinski definition) is 15. The Morgan fingerprint density at radius 2 is 1.81 bits per heavy atom. The SMILES string of the molecule is COP(=O)([O-])OP(=O)([O-])OP(=O)([O-])OC[C@H]1O[C@@H](n2cc(CO)c(=O)[nH]c2=O)C[C@H]1O. The van der Waals surface area contributed by atoms with Crippen LogP contribution in [-0.2, 0) is 42.7 Å². The second kappa shape index (κ2) is 9.85. The van der Waals surface area contributed by atoms with Crippen molar-refractivity contribution in [3.05, 3.63) is 32.6 Å². The van der Waals surface area contributed by atoms with Crippen molar-refractivity contribution in [2.45, 2.75) is 31.5 Å². The van der Waals surface area contributed by atoms with Crippen LogP contribution in [0.4, 0.5) is 0 Å². The predicted octanol–water partition coefficient (Wildman–Crippen LogP) is -3.22. The van der Waals surface area contributed by atoms with Crippen molar-refractivity contribution in [1.29, 1.82) is 0 Å². The summed E-state index contributed by atoms with van der Waals surface area (Å²) in [5, 5.41) is 19.1. The Kier molecular flexibility index (Phi) is 8.33. The van der Waals surface area contributed by atoms with Gasteiger partial charge in [-0.15, -0.1) is 0 Å². The fourth-order valence-corrected chi connectivity index (χ4v) is 5.50. The molecule has 2 heterocycles. The van der Waals surface area contributed by atoms with Crippen molar-refractivity contribution in [2.75, 3.05) is 13.7 Å². The Morgan fingerprint density at radius 3 is 2.39 bits per heavy atom. The molecular weight excluding hydrogens is 493 g/mol. The van der Waals surface area contributed by atoms with Gasteiger partial charge in [-0.05, 0) is 0 Å². The number of hydrogen-bond donors (Lipinski definition) is 3. The van der Waals surface area contributed by atoms with E-state index >= 15 is 0 Å². The second-order valence-electron chi connectivity index (χ2n) is 5.89. The molecule has 0 aromatic carbocycles. The van der Waals surface area contributed by atoms with Gasteiger partial charge in [-0.2, -0.15) is 0 Å². The fourth-order valence-electron chi connectivity index (χ4n) is 2.37. The minimum atomic E-state index is -5.97. The van der Waals surface area contributed by atoms with Crippen LogP contribution < -0.4 is 25.9 Å². The van der Waals surface area contributed by atoms with Gasteiger partial charge in [0.1, 0.15) is 12.3 Å². The van der Waals surface area contributed by atoms with E-state index in [0.717, 1.165) is 10.8 Å². The lowest BCUT2D eigenvalue weighted by molar-refractivity contribution is -0.251. The monoisotopic (exact) mass is 509 g/mol. The molecule has 1 aromatic rings. The Morgan fingerprint density at radius 1 is 1.19 bits per heavy atom. The normalized spacial score (nSPS) is 27.4. The molecule has 1 aliphatic rings. The highest BCUT2D eigenvalue weighted by molar-refractivity contribution is 7.65. The summed E-state index contributed by atoms with van der Waals surface area (Å²) in [7, 11) is -16.5. The lowest BCUT2D eigenvalue weighted by Gasteiger charge is -2.34. The van der Waals surface area contributed by atoms with Crippen LogP contribution in [0, 0.1) is 0 Å². The molecule has 3 N–H and O–H groups in total. The molecule has 0 amide bonds. The standard InChI is InChI=1S/C11H19N2O15P3/c1-24-29(18,19)27-31(22,23)28-30(20,21)25-5-8-7(15)2-9(26-8)13-3-6(4-14)10(16)12-11(13)17/h3,7-9,14-15H,2,4-5H2,1H3,(H,18,19)(H,20,21)(H,22,23)(H,12,16,17)/p-3/t7-,8-,9-/m1/s1. The average Bonchev–Trinajstić information content (AvgIpc) is 2.99. The third-order valence-electron chi connectivity index (χ3n) is 3.75. The van der Waals surface area contributed by atoms with E-state index in [4.69, 9.17) is 9.84 Å². The van der Waals surface area contributed by atoms with Crippen LogP contribution in [0.15, 0.2) is 15.8 Å². The highest BCUT2D eigenvalue weighted by Gasteiger charge is 2.37. The number of rotatable bonds is 10. The molecular formula is C11H16N2O15P3-3. The number of nitrogens with zero attached hydrogens (tertiary/aromatic N) is 1. The Hall–Kier alpha value is -1.03. The van der Waals surface area contributed by atoms with Crippen LogP contribution in [0.2, 0.25) is 0 Å². The summed E-state index contributed by atoms with van der Waals surface area (Å²) in [6.07, 6.45) is -3.32. The number of phosphoric ester groups is 2. The molecule has 2 rings (SSSR count). The maximum atomic E-state index is 11.9. The molecule has 178 valence electrons. The molecule has 0 aliphatic carbocycles. The smallest absolute Gasteiger partial charge is 0.330 e. The third kappa shape index (κ3) is 7.23. The molecule has 1 saturated heterocycles. The number of aromatic amines is 1. The Bertz CT molecular complexity index is 1050. The summed E-state index contributed by atoms with van der Waals surface area (Å²) in [5.41, 5.74) is -1.97. The van der Waals surface area contributed by atoms with Crippen LogP contribution in [-0.4, -0.2) is 45.7 Å². The molecule has 3 unspecified atom stereocenters. The summed E-state index contributed by atoms with van der Waals surface area (Å²) in [4.78, 5) is 59.3. The lowest BCUT2D eigenvalue weighted by atomic mass is 10.2. The van der Waals surface area contributed by atoms with Gasteiger partial charge in [0, 0.05) is 19.7 Å². The molecule has 0 bridgehead atoms. The highest BCUT2D eigenvalue weighted by Crippen LogP contribution is 2.62. The van der Waals surface area contributed by atoms with Crippen molar-refractivity contribution < 1.29 is 61.0 Å². The molecule has 6 atom stereocenters. The summed E-state index contributed by atoms with van der Waals surface area (Å²) in [6, 6.07) is 0. The first-order chi connectivity index (χ1) is 14.2. The summed E-state index contributed by atoms with van der Waals surface area (Å²) >= 11 is 0. The number of aliphatic hydroxyl groups is 2. The first-order valence-electron chi connectivity index (χ1n) is 8.03. The number of H-pyrrole nitrogens is 1. The quantitative estimate of drug-likeness (QED) is 0.262. The van der Waals surface area contributed by atoms with Gasteiger partial charge in [0.25, 0.3) is 29.0 Å². The van der Waals surface area contributed by atoms with E-state index in [-0.39, 0.29) is 12.0 Å². The van der Waals surface area contributed by atoms with Crippen molar-refractivity contribution in [2.24, 2.45) is 0 Å². The molecule has 1 aliphatic heterocycles. The molecule has 1 aromatic heterocycles. The van der Waals surface area contributed by atoms with Gasteiger partial charge in [0.15, 0.2) is 0 Å². The van der Waals surface area contributed by atoms with Crippen molar-refractivity contribution in [1.82, 2.24) is 9.55 Å². The number of aromatic nitrogens is 2. The van der Waals surface area contributed by atoms with E-state index in [1.54, 1.807) is 0 Å². The number of aliphatic hydroxyl groups excluding tert-OH is 2. The number of nitrogens with one attached hydrogen (secondary N) is 1.